The Bertz CT molecular complexity index is 1170. The van der Waals surface area contributed by atoms with Crippen LogP contribution in [0.3, 0.4) is 0 Å². The normalized spacial score (nSPS) is 16.6. The van der Waals surface area contributed by atoms with E-state index in [1.54, 1.807) is 5.57 Å². The van der Waals surface area contributed by atoms with E-state index >= 15 is 0 Å². The minimum atomic E-state index is -2.59. The van der Waals surface area contributed by atoms with E-state index in [1.165, 1.54) is 32.3 Å². The van der Waals surface area contributed by atoms with Crippen molar-refractivity contribution in [3.8, 4) is 0 Å². The SMILES string of the molecule is CCC1=CC=C[C]1([Ti+3])[Si](c1cccc(C(C)C)c1)(c1cccc(C(C)C)c1)c1cccc(C(C)C)c1.[Cl-].[Cl-].[Cl-]. The standard InChI is InChI=1S/C34H41Si.3ClH.Ti/c1-8-27-13-12-20-34(27)35(31-17-9-14-28(21-31)24(2)3,32-18-10-15-29(22-32)25(4)5)33-19-11-16-30(23-33)26(6)7;;;;/h9-26H,8H2,1-7H3;3*1H;/q;;;;+3/p-3. The summed E-state index contributed by atoms with van der Waals surface area (Å²) in [6.45, 7) is 16.2. The van der Waals surface area contributed by atoms with Gasteiger partial charge in [-0.25, -0.2) is 0 Å². The predicted molar refractivity (Wildman–Crippen MR) is 156 cm³/mol. The summed E-state index contributed by atoms with van der Waals surface area (Å²) in [6.07, 6.45) is 8.32. The summed E-state index contributed by atoms with van der Waals surface area (Å²) in [4.78, 5) is 0. The van der Waals surface area contributed by atoms with E-state index in [2.05, 4.69) is 160 Å². The maximum absolute atomic E-state index is 2.59. The minimum Gasteiger partial charge on any atom is -1.00 e. The average molecular weight is 632 g/mol. The van der Waals surface area contributed by atoms with Gasteiger partial charge in [-0.05, 0) is 0 Å². The monoisotopic (exact) mass is 630 g/mol. The minimum absolute atomic E-state index is 0. The zero-order valence-electron chi connectivity index (χ0n) is 24.2. The Morgan fingerprint density at radius 3 is 1.31 bits per heavy atom. The van der Waals surface area contributed by atoms with Gasteiger partial charge in [0.2, 0.25) is 0 Å². The third kappa shape index (κ3) is 6.56. The van der Waals surface area contributed by atoms with Gasteiger partial charge >= 0.3 is 233 Å². The smallest absolute Gasteiger partial charge is 1.00 e. The Balaban J connectivity index is 0.00000253. The summed E-state index contributed by atoms with van der Waals surface area (Å²) in [5.41, 5.74) is 5.83. The van der Waals surface area contributed by atoms with E-state index in [4.69, 9.17) is 0 Å². The molecule has 0 fully saturated rings. The molecule has 0 radical (unpaired) electrons. The Morgan fingerprint density at radius 1 is 0.641 bits per heavy atom. The molecule has 5 heteroatoms. The van der Waals surface area contributed by atoms with Crippen LogP contribution in [0.4, 0.5) is 0 Å². The molecule has 0 amide bonds. The topological polar surface area (TPSA) is 0 Å². The van der Waals surface area contributed by atoms with Gasteiger partial charge in [0.15, 0.2) is 0 Å². The Hall–Kier alpha value is -1.06. The van der Waals surface area contributed by atoms with Crippen LogP contribution in [0.5, 0.6) is 0 Å². The summed E-state index contributed by atoms with van der Waals surface area (Å²) in [7, 11) is -2.59. The molecule has 206 valence electrons. The van der Waals surface area contributed by atoms with Gasteiger partial charge in [0.05, 0.1) is 0 Å². The van der Waals surface area contributed by atoms with Crippen molar-refractivity contribution in [2.75, 3.05) is 0 Å². The van der Waals surface area contributed by atoms with Crippen LogP contribution in [0.1, 0.15) is 89.3 Å². The van der Waals surface area contributed by atoms with Crippen molar-refractivity contribution in [2.45, 2.75) is 76.0 Å². The fraction of sp³-hybridized carbons (Fsp3) is 0.353. The second-order valence-corrected chi connectivity index (χ2v) is 17.3. The number of hydrogen-bond acceptors (Lipinski definition) is 0. The maximum Gasteiger partial charge on any atom is -1.00 e. The molecular weight excluding hydrogens is 591 g/mol. The first-order chi connectivity index (χ1) is 17.1. The number of benzene rings is 3. The molecule has 1 aliphatic rings. The van der Waals surface area contributed by atoms with E-state index in [0.29, 0.717) is 17.8 Å². The summed E-state index contributed by atoms with van der Waals surface area (Å²) in [5, 5.41) is 4.55. The van der Waals surface area contributed by atoms with Crippen LogP contribution >= 0.6 is 0 Å². The molecule has 0 N–H and O–H groups in total. The summed E-state index contributed by atoms with van der Waals surface area (Å²) < 4.78 is -0.0530. The fourth-order valence-electron chi connectivity index (χ4n) is 5.89. The van der Waals surface area contributed by atoms with Crippen LogP contribution in [0.2, 0.25) is 3.34 Å². The Morgan fingerprint density at radius 2 is 1.00 bits per heavy atom. The number of allylic oxidation sites excluding steroid dienone is 4. The molecule has 0 saturated heterocycles. The molecular formula is C34H41Cl3SiTi. The van der Waals surface area contributed by atoms with Gasteiger partial charge < -0.3 is 37.2 Å². The van der Waals surface area contributed by atoms with Crippen molar-refractivity contribution in [1.29, 1.82) is 0 Å². The van der Waals surface area contributed by atoms with Crippen molar-refractivity contribution in [1.82, 2.24) is 0 Å². The maximum atomic E-state index is 2.55. The van der Waals surface area contributed by atoms with Gasteiger partial charge in [-0.3, -0.25) is 0 Å². The molecule has 3 aromatic rings. The van der Waals surface area contributed by atoms with Gasteiger partial charge in [0.25, 0.3) is 0 Å². The van der Waals surface area contributed by atoms with Gasteiger partial charge in [-0.15, -0.1) is 0 Å². The van der Waals surface area contributed by atoms with Gasteiger partial charge in [-0.1, -0.05) is 0 Å². The van der Waals surface area contributed by atoms with Gasteiger partial charge in [0.1, 0.15) is 0 Å². The summed E-state index contributed by atoms with van der Waals surface area (Å²) in [6, 6.07) is 28.8. The van der Waals surface area contributed by atoms with E-state index in [9.17, 15) is 0 Å². The van der Waals surface area contributed by atoms with Crippen molar-refractivity contribution in [2.24, 2.45) is 0 Å². The third-order valence-electron chi connectivity index (χ3n) is 8.08. The van der Waals surface area contributed by atoms with E-state index < -0.39 is 8.07 Å². The Kier molecular flexibility index (Phi) is 13.6. The van der Waals surface area contributed by atoms with Crippen molar-refractivity contribution in [3.63, 3.8) is 0 Å². The third-order valence-corrected chi connectivity index (χ3v) is 15.8. The molecule has 1 unspecified atom stereocenters. The van der Waals surface area contributed by atoms with E-state index in [1.807, 2.05) is 0 Å². The molecule has 1 aliphatic carbocycles. The van der Waals surface area contributed by atoms with E-state index in [-0.39, 0.29) is 40.6 Å². The largest absolute Gasteiger partial charge is 1.00 e. The molecule has 0 bridgehead atoms. The quantitative estimate of drug-likeness (QED) is 0.214. The molecule has 0 nitrogen and oxygen atoms in total. The van der Waals surface area contributed by atoms with Crippen molar-refractivity contribution < 1.29 is 57.7 Å². The first kappa shape index (κ1) is 36.0. The van der Waals surface area contributed by atoms with Crippen molar-refractivity contribution in [3.05, 3.63) is 113 Å². The molecule has 0 aromatic heterocycles. The number of hydrogen-bond donors (Lipinski definition) is 0. The summed E-state index contributed by atoms with van der Waals surface area (Å²) in [5.74, 6) is 1.48. The van der Waals surface area contributed by atoms with Crippen LogP contribution < -0.4 is 52.8 Å². The zero-order valence-corrected chi connectivity index (χ0v) is 29.1. The first-order valence-corrected chi connectivity index (χ1v) is 16.4. The first-order valence-electron chi connectivity index (χ1n) is 13.6. The predicted octanol–water partition coefficient (Wildman–Crippen LogP) is -1.31. The zero-order chi connectivity index (χ0) is 26.1. The van der Waals surface area contributed by atoms with Gasteiger partial charge in [-0.2, -0.15) is 0 Å². The molecule has 4 rings (SSSR count). The molecule has 0 aliphatic heterocycles. The van der Waals surface area contributed by atoms with Crippen molar-refractivity contribution >= 4 is 23.6 Å². The number of halogens is 3. The fourth-order valence-corrected chi connectivity index (χ4v) is 14.1. The van der Waals surface area contributed by atoms with Crippen LogP contribution in [0.25, 0.3) is 0 Å². The summed E-state index contributed by atoms with van der Waals surface area (Å²) >= 11 is 2.53. The molecule has 1 atom stereocenters. The number of rotatable bonds is 8. The van der Waals surface area contributed by atoms with E-state index in [0.717, 1.165) is 6.42 Å². The van der Waals surface area contributed by atoms with Crippen LogP contribution in [-0.4, -0.2) is 8.07 Å². The van der Waals surface area contributed by atoms with Gasteiger partial charge in [0, 0.05) is 0 Å². The average Bonchev–Trinajstić information content (AvgIpc) is 3.26. The van der Waals surface area contributed by atoms with Crippen LogP contribution in [0.15, 0.2) is 96.6 Å². The Labute approximate surface area is 268 Å². The molecule has 0 saturated carbocycles. The second-order valence-electron chi connectivity index (χ2n) is 11.3. The molecule has 0 spiro atoms. The molecule has 39 heavy (non-hydrogen) atoms. The molecule has 0 heterocycles. The molecule has 3 aromatic carbocycles. The van der Waals surface area contributed by atoms with Crippen LogP contribution in [0, 0.1) is 0 Å². The second kappa shape index (κ2) is 14.7. The van der Waals surface area contributed by atoms with Crippen LogP contribution in [-0.2, 0) is 20.4 Å².